The van der Waals surface area contributed by atoms with Crippen LogP contribution in [0.4, 0.5) is 5.69 Å². The van der Waals surface area contributed by atoms with Gasteiger partial charge in [0.1, 0.15) is 5.75 Å². The summed E-state index contributed by atoms with van der Waals surface area (Å²) in [6.45, 7) is 1.87. The second-order valence-electron chi connectivity index (χ2n) is 5.88. The van der Waals surface area contributed by atoms with E-state index in [-0.39, 0.29) is 11.8 Å². The number of rotatable bonds is 4. The first kappa shape index (κ1) is 16.5. The molecule has 4 nitrogen and oxygen atoms in total. The Labute approximate surface area is 146 Å². The number of hydrogen-bond donors (Lipinski definition) is 1. The monoisotopic (exact) mass is 330 g/mol. The van der Waals surface area contributed by atoms with Gasteiger partial charge in [-0.15, -0.1) is 0 Å². The van der Waals surface area contributed by atoms with Crippen molar-refractivity contribution in [3.8, 4) is 11.8 Å². The Hall–Kier alpha value is -3.32. The first-order valence-corrected chi connectivity index (χ1v) is 7.99. The second kappa shape index (κ2) is 7.06. The van der Waals surface area contributed by atoms with E-state index in [1.165, 1.54) is 0 Å². The van der Waals surface area contributed by atoms with Gasteiger partial charge in [0.15, 0.2) is 0 Å². The summed E-state index contributed by atoms with van der Waals surface area (Å²) in [4.78, 5) is 12.5. The molecule has 4 heteroatoms. The molecule has 3 aromatic carbocycles. The van der Waals surface area contributed by atoms with E-state index >= 15 is 0 Å². The van der Waals surface area contributed by atoms with Crippen molar-refractivity contribution in [2.24, 2.45) is 0 Å². The Morgan fingerprint density at radius 3 is 2.60 bits per heavy atom. The molecule has 1 N–H and O–H groups in total. The summed E-state index contributed by atoms with van der Waals surface area (Å²) in [5.41, 5.74) is 2.08. The van der Waals surface area contributed by atoms with Crippen molar-refractivity contribution >= 4 is 22.4 Å². The fourth-order valence-corrected chi connectivity index (χ4v) is 2.71. The first-order valence-electron chi connectivity index (χ1n) is 7.99. The van der Waals surface area contributed by atoms with E-state index in [9.17, 15) is 4.79 Å². The van der Waals surface area contributed by atoms with Crippen LogP contribution in [0.25, 0.3) is 10.8 Å². The van der Waals surface area contributed by atoms with E-state index in [4.69, 9.17) is 10.00 Å². The average Bonchev–Trinajstić information content (AvgIpc) is 2.66. The molecular weight excluding hydrogens is 312 g/mol. The largest absolute Gasteiger partial charge is 0.497 e. The Kier molecular flexibility index (Phi) is 4.67. The number of amides is 1. The topological polar surface area (TPSA) is 62.1 Å². The van der Waals surface area contributed by atoms with Crippen LogP contribution >= 0.6 is 0 Å². The van der Waals surface area contributed by atoms with Gasteiger partial charge in [-0.3, -0.25) is 4.79 Å². The van der Waals surface area contributed by atoms with Crippen LogP contribution in [0, 0.1) is 11.3 Å². The molecule has 0 radical (unpaired) electrons. The Morgan fingerprint density at radius 1 is 1.08 bits per heavy atom. The summed E-state index contributed by atoms with van der Waals surface area (Å²) in [5, 5.41) is 13.9. The third-order valence-electron chi connectivity index (χ3n) is 4.22. The molecular formula is C21H18N2O2. The fraction of sp³-hybridized carbons (Fsp3) is 0.143. The van der Waals surface area contributed by atoms with Crippen molar-refractivity contribution in [1.29, 1.82) is 5.26 Å². The van der Waals surface area contributed by atoms with Gasteiger partial charge in [0.05, 0.1) is 24.7 Å². The molecule has 0 fully saturated rings. The maximum Gasteiger partial charge on any atom is 0.231 e. The fourth-order valence-electron chi connectivity index (χ4n) is 2.71. The Morgan fingerprint density at radius 2 is 1.84 bits per heavy atom. The van der Waals surface area contributed by atoms with Crippen molar-refractivity contribution in [3.05, 3.63) is 71.8 Å². The van der Waals surface area contributed by atoms with Crippen LogP contribution in [0.1, 0.15) is 24.0 Å². The molecule has 0 bridgehead atoms. The third kappa shape index (κ3) is 3.61. The number of hydrogen-bond acceptors (Lipinski definition) is 3. The lowest BCUT2D eigenvalue weighted by atomic mass is 9.97. The number of carbonyl (C=O) groups excluding carboxylic acids is 1. The van der Waals surface area contributed by atoms with E-state index in [1.54, 1.807) is 31.4 Å². The minimum Gasteiger partial charge on any atom is -0.497 e. The zero-order valence-electron chi connectivity index (χ0n) is 14.1. The van der Waals surface area contributed by atoms with Gasteiger partial charge in [0.2, 0.25) is 5.91 Å². The van der Waals surface area contributed by atoms with Gasteiger partial charge in [-0.05, 0) is 53.6 Å². The zero-order chi connectivity index (χ0) is 17.8. The minimum atomic E-state index is -0.308. The van der Waals surface area contributed by atoms with E-state index in [0.717, 1.165) is 22.1 Å². The van der Waals surface area contributed by atoms with Crippen LogP contribution in [0.15, 0.2) is 60.7 Å². The second-order valence-corrected chi connectivity index (χ2v) is 5.88. The van der Waals surface area contributed by atoms with E-state index in [2.05, 4.69) is 11.4 Å². The van der Waals surface area contributed by atoms with Gasteiger partial charge < -0.3 is 10.1 Å². The molecule has 3 aromatic rings. The van der Waals surface area contributed by atoms with Crippen LogP contribution in [-0.2, 0) is 4.79 Å². The number of anilines is 1. The maximum atomic E-state index is 12.5. The molecule has 0 aliphatic rings. The molecule has 124 valence electrons. The number of ether oxygens (including phenoxy) is 1. The molecule has 0 aromatic heterocycles. The normalized spacial score (nSPS) is 11.6. The maximum absolute atomic E-state index is 12.5. The lowest BCUT2D eigenvalue weighted by molar-refractivity contribution is -0.117. The Balaban J connectivity index is 1.81. The zero-order valence-corrected chi connectivity index (χ0v) is 14.1. The standard InChI is InChI=1S/C21H18N2O2/c1-14(21(24)23-19-5-3-4-15(10-19)13-22)16-6-7-18-12-20(25-2)9-8-17(18)11-16/h3-12,14H,1-2H3,(H,23,24)/t14-/m0/s1. The molecule has 0 unspecified atom stereocenters. The number of nitrogens with zero attached hydrogens (tertiary/aromatic N) is 1. The number of methoxy groups -OCH3 is 1. The lowest BCUT2D eigenvalue weighted by Crippen LogP contribution is -2.18. The summed E-state index contributed by atoms with van der Waals surface area (Å²) < 4.78 is 5.24. The van der Waals surface area contributed by atoms with Crippen molar-refractivity contribution in [1.82, 2.24) is 0 Å². The predicted molar refractivity (Wildman–Crippen MR) is 98.7 cm³/mol. The SMILES string of the molecule is COc1ccc2cc([C@H](C)C(=O)Nc3cccc(C#N)c3)ccc2c1. The number of nitrogens with one attached hydrogen (secondary N) is 1. The van der Waals surface area contributed by atoms with Crippen LogP contribution in [0.5, 0.6) is 5.75 Å². The van der Waals surface area contributed by atoms with Crippen molar-refractivity contribution in [2.75, 3.05) is 12.4 Å². The summed E-state index contributed by atoms with van der Waals surface area (Å²) in [5.74, 6) is 0.392. The molecule has 3 rings (SSSR count). The van der Waals surface area contributed by atoms with Gasteiger partial charge >= 0.3 is 0 Å². The molecule has 0 spiro atoms. The molecule has 25 heavy (non-hydrogen) atoms. The highest BCUT2D eigenvalue weighted by atomic mass is 16.5. The minimum absolute atomic E-state index is 0.108. The van der Waals surface area contributed by atoms with Gasteiger partial charge in [0.25, 0.3) is 0 Å². The quantitative estimate of drug-likeness (QED) is 0.768. The number of benzene rings is 3. The van der Waals surface area contributed by atoms with E-state index < -0.39 is 0 Å². The van der Waals surface area contributed by atoms with Crippen LogP contribution in [0.3, 0.4) is 0 Å². The summed E-state index contributed by atoms with van der Waals surface area (Å²) >= 11 is 0. The average molecular weight is 330 g/mol. The highest BCUT2D eigenvalue weighted by Gasteiger charge is 2.16. The smallest absolute Gasteiger partial charge is 0.231 e. The summed E-state index contributed by atoms with van der Waals surface area (Å²) in [7, 11) is 1.64. The summed E-state index contributed by atoms with van der Waals surface area (Å²) in [6, 6.07) is 20.8. The van der Waals surface area contributed by atoms with Gasteiger partial charge in [-0.25, -0.2) is 0 Å². The van der Waals surface area contributed by atoms with Gasteiger partial charge in [-0.1, -0.05) is 30.3 Å². The van der Waals surface area contributed by atoms with Crippen LogP contribution in [-0.4, -0.2) is 13.0 Å². The van der Waals surface area contributed by atoms with E-state index in [0.29, 0.717) is 11.3 Å². The first-order chi connectivity index (χ1) is 12.1. The van der Waals surface area contributed by atoms with Crippen molar-refractivity contribution in [2.45, 2.75) is 12.8 Å². The number of carbonyl (C=O) groups is 1. The molecule has 0 saturated heterocycles. The highest BCUT2D eigenvalue weighted by Crippen LogP contribution is 2.26. The molecule has 0 aliphatic carbocycles. The Bertz CT molecular complexity index is 973. The number of fused-ring (bicyclic) bond motifs is 1. The van der Waals surface area contributed by atoms with E-state index in [1.807, 2.05) is 43.3 Å². The molecule has 0 heterocycles. The molecule has 1 amide bonds. The van der Waals surface area contributed by atoms with Gasteiger partial charge in [-0.2, -0.15) is 5.26 Å². The third-order valence-corrected chi connectivity index (χ3v) is 4.22. The molecule has 1 atom stereocenters. The van der Waals surface area contributed by atoms with Gasteiger partial charge in [0, 0.05) is 5.69 Å². The summed E-state index contributed by atoms with van der Waals surface area (Å²) in [6.07, 6.45) is 0. The highest BCUT2D eigenvalue weighted by molar-refractivity contribution is 5.96. The molecule has 0 saturated carbocycles. The van der Waals surface area contributed by atoms with Crippen LogP contribution in [0.2, 0.25) is 0 Å². The van der Waals surface area contributed by atoms with Crippen LogP contribution < -0.4 is 10.1 Å². The number of nitriles is 1. The molecule has 0 aliphatic heterocycles. The lowest BCUT2D eigenvalue weighted by Gasteiger charge is -2.14. The van der Waals surface area contributed by atoms with Crippen molar-refractivity contribution < 1.29 is 9.53 Å². The predicted octanol–water partition coefficient (Wildman–Crippen LogP) is 4.46. The van der Waals surface area contributed by atoms with Crippen molar-refractivity contribution in [3.63, 3.8) is 0 Å².